The lowest BCUT2D eigenvalue weighted by Crippen LogP contribution is -2.32. The first-order valence-electron chi connectivity index (χ1n) is 10.0. The third-order valence-corrected chi connectivity index (χ3v) is 5.99. The number of hydrogen-bond acceptors (Lipinski definition) is 4. The summed E-state index contributed by atoms with van der Waals surface area (Å²) in [5.41, 5.74) is 3.51. The van der Waals surface area contributed by atoms with E-state index in [2.05, 4.69) is 10.6 Å². The molecule has 4 rings (SSSR count). The number of nitrogens with one attached hydrogen (secondary N) is 2. The van der Waals surface area contributed by atoms with Crippen LogP contribution in [0.15, 0.2) is 77.5 Å². The lowest BCUT2D eigenvalue weighted by atomic mass is 10.1. The standard InChI is InChI=1S/C25H19Cl2N3O3/c1-14-10-11-18(13-19(14)26)30-24(32)21(27)22(25(30)33)28-17-8-5-7-16(12-17)23(31)29-20-9-4-3-6-15(20)2/h3-13,28H,1-2H3,(H,29,31). The van der Waals surface area contributed by atoms with Crippen molar-refractivity contribution in [3.8, 4) is 0 Å². The Morgan fingerprint density at radius 2 is 1.61 bits per heavy atom. The van der Waals surface area contributed by atoms with Gasteiger partial charge in [0.1, 0.15) is 10.7 Å². The van der Waals surface area contributed by atoms with Crippen molar-refractivity contribution < 1.29 is 14.4 Å². The zero-order chi connectivity index (χ0) is 23.7. The van der Waals surface area contributed by atoms with E-state index in [1.54, 1.807) is 36.4 Å². The summed E-state index contributed by atoms with van der Waals surface area (Å²) in [5, 5.41) is 5.94. The monoisotopic (exact) mass is 479 g/mol. The number of carbonyl (C=O) groups excluding carboxylic acids is 3. The molecule has 8 heteroatoms. The molecular formula is C25H19Cl2N3O3. The Hall–Kier alpha value is -3.61. The maximum absolute atomic E-state index is 13.0. The second-order valence-electron chi connectivity index (χ2n) is 7.54. The van der Waals surface area contributed by atoms with Gasteiger partial charge in [0.15, 0.2) is 0 Å². The second kappa shape index (κ2) is 9.10. The molecule has 0 aliphatic carbocycles. The molecule has 1 aliphatic rings. The van der Waals surface area contributed by atoms with Gasteiger partial charge in [-0.2, -0.15) is 0 Å². The number of halogens is 2. The first-order chi connectivity index (χ1) is 15.8. The molecule has 3 aromatic rings. The number of hydrogen-bond donors (Lipinski definition) is 2. The average Bonchev–Trinajstić information content (AvgIpc) is 3.00. The normalized spacial score (nSPS) is 13.5. The fourth-order valence-electron chi connectivity index (χ4n) is 3.36. The molecule has 1 aliphatic heterocycles. The summed E-state index contributed by atoms with van der Waals surface area (Å²) in [6.07, 6.45) is 0. The number of para-hydroxylation sites is 1. The minimum absolute atomic E-state index is 0.0742. The predicted octanol–water partition coefficient (Wildman–Crippen LogP) is 5.64. The van der Waals surface area contributed by atoms with E-state index in [-0.39, 0.29) is 16.6 Å². The van der Waals surface area contributed by atoms with Crippen LogP contribution in [0.1, 0.15) is 21.5 Å². The van der Waals surface area contributed by atoms with Gasteiger partial charge in [-0.25, -0.2) is 4.90 Å². The fourth-order valence-corrected chi connectivity index (χ4v) is 3.74. The van der Waals surface area contributed by atoms with E-state index >= 15 is 0 Å². The highest BCUT2D eigenvalue weighted by atomic mass is 35.5. The van der Waals surface area contributed by atoms with Gasteiger partial charge in [0, 0.05) is 22.0 Å². The van der Waals surface area contributed by atoms with Crippen molar-refractivity contribution in [2.24, 2.45) is 0 Å². The maximum Gasteiger partial charge on any atom is 0.283 e. The largest absolute Gasteiger partial charge is 0.350 e. The van der Waals surface area contributed by atoms with Crippen LogP contribution >= 0.6 is 23.2 Å². The molecular weight excluding hydrogens is 461 g/mol. The Kier molecular flexibility index (Phi) is 6.22. The summed E-state index contributed by atoms with van der Waals surface area (Å²) in [6.45, 7) is 3.72. The van der Waals surface area contributed by atoms with Crippen LogP contribution in [0.5, 0.6) is 0 Å². The first kappa shape index (κ1) is 22.6. The van der Waals surface area contributed by atoms with Gasteiger partial charge < -0.3 is 10.6 Å². The summed E-state index contributed by atoms with van der Waals surface area (Å²) < 4.78 is 0. The summed E-state index contributed by atoms with van der Waals surface area (Å²) in [4.78, 5) is 39.4. The molecule has 0 unspecified atom stereocenters. The lowest BCUT2D eigenvalue weighted by molar-refractivity contribution is -0.120. The van der Waals surface area contributed by atoms with Crippen molar-refractivity contribution in [3.05, 3.63) is 99.2 Å². The third kappa shape index (κ3) is 4.49. The van der Waals surface area contributed by atoms with Gasteiger partial charge in [-0.15, -0.1) is 0 Å². The zero-order valence-corrected chi connectivity index (χ0v) is 19.3. The summed E-state index contributed by atoms with van der Waals surface area (Å²) in [6, 6.07) is 18.9. The highest BCUT2D eigenvalue weighted by Crippen LogP contribution is 2.32. The number of anilines is 3. The Morgan fingerprint density at radius 3 is 2.33 bits per heavy atom. The molecule has 0 radical (unpaired) electrons. The van der Waals surface area contributed by atoms with Gasteiger partial charge in [0.05, 0.1) is 5.69 Å². The van der Waals surface area contributed by atoms with Crippen LogP contribution in [-0.2, 0) is 9.59 Å². The van der Waals surface area contributed by atoms with Gasteiger partial charge in [0.25, 0.3) is 17.7 Å². The van der Waals surface area contributed by atoms with Crippen LogP contribution < -0.4 is 15.5 Å². The molecule has 6 nitrogen and oxygen atoms in total. The first-order valence-corrected chi connectivity index (χ1v) is 10.8. The number of aryl methyl sites for hydroxylation is 2. The molecule has 2 N–H and O–H groups in total. The van der Waals surface area contributed by atoms with E-state index in [4.69, 9.17) is 23.2 Å². The second-order valence-corrected chi connectivity index (χ2v) is 8.33. The quantitative estimate of drug-likeness (QED) is 0.463. The van der Waals surface area contributed by atoms with Crippen molar-refractivity contribution in [1.29, 1.82) is 0 Å². The van der Waals surface area contributed by atoms with Gasteiger partial charge in [-0.3, -0.25) is 14.4 Å². The van der Waals surface area contributed by atoms with Crippen LogP contribution in [0.25, 0.3) is 0 Å². The van der Waals surface area contributed by atoms with Gasteiger partial charge in [-0.05, 0) is 61.4 Å². The maximum atomic E-state index is 13.0. The average molecular weight is 480 g/mol. The highest BCUT2D eigenvalue weighted by Gasteiger charge is 2.39. The Morgan fingerprint density at radius 1 is 0.848 bits per heavy atom. The van der Waals surface area contributed by atoms with E-state index in [9.17, 15) is 14.4 Å². The van der Waals surface area contributed by atoms with Gasteiger partial charge in [0.2, 0.25) is 0 Å². The molecule has 0 saturated heterocycles. The van der Waals surface area contributed by atoms with Crippen molar-refractivity contribution in [3.63, 3.8) is 0 Å². The molecule has 0 aromatic heterocycles. The summed E-state index contributed by atoms with van der Waals surface area (Å²) >= 11 is 12.4. The van der Waals surface area contributed by atoms with Crippen LogP contribution in [0.4, 0.5) is 17.1 Å². The molecule has 0 spiro atoms. The molecule has 0 fully saturated rings. The molecule has 3 aromatic carbocycles. The topological polar surface area (TPSA) is 78.5 Å². The van der Waals surface area contributed by atoms with Crippen molar-refractivity contribution in [2.45, 2.75) is 13.8 Å². The number of rotatable bonds is 5. The number of amides is 3. The number of carbonyl (C=O) groups is 3. The smallest absolute Gasteiger partial charge is 0.283 e. The SMILES string of the molecule is Cc1ccc(N2C(=O)C(Cl)=C(Nc3cccc(C(=O)Nc4ccccc4C)c3)C2=O)cc1Cl. The number of benzene rings is 3. The van der Waals surface area contributed by atoms with Crippen molar-refractivity contribution in [2.75, 3.05) is 15.5 Å². The third-order valence-electron chi connectivity index (χ3n) is 5.23. The van der Waals surface area contributed by atoms with E-state index in [1.807, 2.05) is 38.1 Å². The Balaban J connectivity index is 1.56. The van der Waals surface area contributed by atoms with Gasteiger partial charge >= 0.3 is 0 Å². The Bertz CT molecular complexity index is 1330. The van der Waals surface area contributed by atoms with E-state index in [0.29, 0.717) is 27.6 Å². The Labute approximate surface area is 200 Å². The highest BCUT2D eigenvalue weighted by molar-refractivity contribution is 6.53. The lowest BCUT2D eigenvalue weighted by Gasteiger charge is -2.16. The van der Waals surface area contributed by atoms with Crippen molar-refractivity contribution >= 4 is 58.0 Å². The predicted molar refractivity (Wildman–Crippen MR) is 131 cm³/mol. The minimum Gasteiger partial charge on any atom is -0.350 e. The number of imide groups is 1. The number of nitrogens with zero attached hydrogens (tertiary/aromatic N) is 1. The van der Waals surface area contributed by atoms with Crippen molar-refractivity contribution in [1.82, 2.24) is 0 Å². The van der Waals surface area contributed by atoms with Crippen LogP contribution in [0, 0.1) is 13.8 Å². The van der Waals surface area contributed by atoms with Crippen LogP contribution in [0.3, 0.4) is 0 Å². The zero-order valence-electron chi connectivity index (χ0n) is 17.8. The molecule has 0 saturated carbocycles. The summed E-state index contributed by atoms with van der Waals surface area (Å²) in [5.74, 6) is -1.57. The van der Waals surface area contributed by atoms with Crippen LogP contribution in [0.2, 0.25) is 5.02 Å². The van der Waals surface area contributed by atoms with Crippen LogP contribution in [-0.4, -0.2) is 17.7 Å². The fraction of sp³-hybridized carbons (Fsp3) is 0.0800. The molecule has 0 atom stereocenters. The molecule has 166 valence electrons. The molecule has 0 bridgehead atoms. The van der Waals surface area contributed by atoms with E-state index in [0.717, 1.165) is 16.0 Å². The summed E-state index contributed by atoms with van der Waals surface area (Å²) in [7, 11) is 0. The van der Waals surface area contributed by atoms with E-state index in [1.165, 1.54) is 6.07 Å². The molecule has 33 heavy (non-hydrogen) atoms. The molecule has 3 amide bonds. The van der Waals surface area contributed by atoms with Gasteiger partial charge in [-0.1, -0.05) is 53.5 Å². The molecule has 1 heterocycles. The minimum atomic E-state index is -0.655. The van der Waals surface area contributed by atoms with E-state index < -0.39 is 11.8 Å².